The second-order valence-electron chi connectivity index (χ2n) is 2.53. The van der Waals surface area contributed by atoms with Gasteiger partial charge < -0.3 is 0 Å². The first-order chi connectivity index (χ1) is 5.58. The molecule has 0 nitrogen and oxygen atoms in total. The average Bonchev–Trinajstić information content (AvgIpc) is 2.02. The lowest BCUT2D eigenvalue weighted by Gasteiger charge is -2.04. The summed E-state index contributed by atoms with van der Waals surface area (Å²) in [5.41, 5.74) is 0.676. The molecule has 0 aliphatic heterocycles. The first-order valence-corrected chi connectivity index (χ1v) is 3.60. The number of halogens is 3. The summed E-state index contributed by atoms with van der Waals surface area (Å²) in [6.07, 6.45) is -4.78. The van der Waals surface area contributed by atoms with Crippen LogP contribution in [0.25, 0.3) is 0 Å². The van der Waals surface area contributed by atoms with Crippen molar-refractivity contribution < 1.29 is 13.2 Å². The van der Waals surface area contributed by atoms with E-state index >= 15 is 0 Å². The summed E-state index contributed by atoms with van der Waals surface area (Å²) in [7, 11) is 0. The van der Waals surface area contributed by atoms with Crippen molar-refractivity contribution in [3.63, 3.8) is 0 Å². The lowest BCUT2D eigenvalue weighted by Crippen LogP contribution is -2.08. The van der Waals surface area contributed by atoms with Crippen LogP contribution in [0.2, 0.25) is 0 Å². The van der Waals surface area contributed by atoms with Crippen LogP contribution in [0.15, 0.2) is 24.3 Å². The van der Waals surface area contributed by atoms with Crippen molar-refractivity contribution in [2.24, 2.45) is 0 Å². The Balaban J connectivity index is 2.44. The molecule has 0 fully saturated rings. The predicted molar refractivity (Wildman–Crippen MR) is 39.7 cm³/mol. The van der Waals surface area contributed by atoms with E-state index in [-0.39, 0.29) is 6.42 Å². The molecule has 0 bridgehead atoms. The summed E-state index contributed by atoms with van der Waals surface area (Å²) >= 11 is 0. The van der Waals surface area contributed by atoms with Crippen LogP contribution in [0.1, 0.15) is 12.0 Å². The van der Waals surface area contributed by atoms with Gasteiger partial charge in [0, 0.05) is 6.42 Å². The molecule has 1 aromatic carbocycles. The quantitative estimate of drug-likeness (QED) is 0.644. The Labute approximate surface area is 69.0 Å². The maximum Gasteiger partial charge on any atom is 0.389 e. The second-order valence-corrected chi connectivity index (χ2v) is 2.53. The fourth-order valence-corrected chi connectivity index (χ4v) is 0.872. The van der Waals surface area contributed by atoms with E-state index in [1.54, 1.807) is 24.3 Å². The molecule has 65 valence electrons. The van der Waals surface area contributed by atoms with Crippen LogP contribution in [0, 0.1) is 6.07 Å². The lowest BCUT2D eigenvalue weighted by molar-refractivity contribution is -0.133. The Morgan fingerprint density at radius 1 is 1.33 bits per heavy atom. The molecule has 12 heavy (non-hydrogen) atoms. The van der Waals surface area contributed by atoms with Crippen LogP contribution in [0.4, 0.5) is 13.2 Å². The highest BCUT2D eigenvalue weighted by atomic mass is 19.4. The predicted octanol–water partition coefficient (Wildman–Crippen LogP) is 2.98. The van der Waals surface area contributed by atoms with Gasteiger partial charge >= 0.3 is 6.18 Å². The normalized spacial score (nSPS) is 11.6. The minimum Gasteiger partial charge on any atom is -0.171 e. The average molecular weight is 173 g/mol. The van der Waals surface area contributed by atoms with Gasteiger partial charge in [0.25, 0.3) is 0 Å². The van der Waals surface area contributed by atoms with Crippen molar-refractivity contribution in [1.82, 2.24) is 0 Å². The first-order valence-electron chi connectivity index (χ1n) is 3.60. The van der Waals surface area contributed by atoms with Gasteiger partial charge in [0.05, 0.1) is 0 Å². The van der Waals surface area contributed by atoms with Gasteiger partial charge in [-0.3, -0.25) is 0 Å². The van der Waals surface area contributed by atoms with E-state index in [1.165, 1.54) is 0 Å². The first kappa shape index (κ1) is 9.10. The lowest BCUT2D eigenvalue weighted by atomic mass is 10.1. The largest absolute Gasteiger partial charge is 0.389 e. The fraction of sp³-hybridized carbons (Fsp3) is 0.333. The van der Waals surface area contributed by atoms with Gasteiger partial charge in [-0.25, -0.2) is 0 Å². The molecule has 0 spiro atoms. The highest BCUT2D eigenvalue weighted by Gasteiger charge is 2.26. The Morgan fingerprint density at radius 2 is 2.08 bits per heavy atom. The highest BCUT2D eigenvalue weighted by Crippen LogP contribution is 2.21. The van der Waals surface area contributed by atoms with Crippen molar-refractivity contribution >= 4 is 0 Å². The second kappa shape index (κ2) is 3.61. The summed E-state index contributed by atoms with van der Waals surface area (Å²) in [6.45, 7) is 0. The van der Waals surface area contributed by atoms with Gasteiger partial charge in [-0.05, 0) is 18.1 Å². The molecule has 0 atom stereocenters. The van der Waals surface area contributed by atoms with Gasteiger partial charge in [0.15, 0.2) is 0 Å². The third-order valence-corrected chi connectivity index (χ3v) is 1.47. The van der Waals surface area contributed by atoms with Crippen molar-refractivity contribution in [3.05, 3.63) is 35.9 Å². The van der Waals surface area contributed by atoms with Gasteiger partial charge in [-0.1, -0.05) is 24.3 Å². The molecule has 3 heteroatoms. The maximum absolute atomic E-state index is 11.7. The zero-order valence-electron chi connectivity index (χ0n) is 6.36. The topological polar surface area (TPSA) is 0 Å². The smallest absolute Gasteiger partial charge is 0.171 e. The summed E-state index contributed by atoms with van der Waals surface area (Å²) in [5.74, 6) is 0. The van der Waals surface area contributed by atoms with Crippen LogP contribution in [0.5, 0.6) is 0 Å². The van der Waals surface area contributed by atoms with Gasteiger partial charge in [-0.15, -0.1) is 0 Å². The van der Waals surface area contributed by atoms with Gasteiger partial charge in [0.2, 0.25) is 0 Å². The molecule has 0 unspecified atom stereocenters. The molecule has 0 saturated heterocycles. The van der Waals surface area contributed by atoms with Gasteiger partial charge in [0.1, 0.15) is 0 Å². The summed E-state index contributed by atoms with van der Waals surface area (Å²) in [4.78, 5) is 0. The molecule has 1 rings (SSSR count). The minimum absolute atomic E-state index is 0.0425. The zero-order chi connectivity index (χ0) is 9.03. The van der Waals surface area contributed by atoms with Crippen molar-refractivity contribution in [3.8, 4) is 0 Å². The van der Waals surface area contributed by atoms with E-state index in [0.717, 1.165) is 0 Å². The number of rotatable bonds is 2. The fourth-order valence-electron chi connectivity index (χ4n) is 0.872. The van der Waals surface area contributed by atoms with Crippen LogP contribution in [-0.2, 0) is 6.42 Å². The monoisotopic (exact) mass is 173 g/mol. The molecule has 0 aliphatic rings. The zero-order valence-corrected chi connectivity index (χ0v) is 6.36. The highest BCUT2D eigenvalue weighted by molar-refractivity contribution is 5.13. The molecule has 0 N–H and O–H groups in total. The van der Waals surface area contributed by atoms with Crippen LogP contribution >= 0.6 is 0 Å². The number of benzene rings is 1. The van der Waals surface area contributed by atoms with Crippen molar-refractivity contribution in [2.45, 2.75) is 19.0 Å². The molecule has 0 amide bonds. The number of aryl methyl sites for hydroxylation is 1. The van der Waals surface area contributed by atoms with E-state index in [0.29, 0.717) is 5.56 Å². The maximum atomic E-state index is 11.7. The standard InChI is InChI=1S/C9H8F3/c10-9(11,12)7-6-8-4-2-1-3-5-8/h1-2,4-5H,6-7H2. The Morgan fingerprint density at radius 3 is 2.58 bits per heavy atom. The number of hydrogen-bond donors (Lipinski definition) is 0. The Bertz CT molecular complexity index is 225. The molecule has 0 aromatic heterocycles. The Kier molecular flexibility index (Phi) is 2.74. The third-order valence-electron chi connectivity index (χ3n) is 1.47. The van der Waals surface area contributed by atoms with Gasteiger partial charge in [-0.2, -0.15) is 13.2 Å². The van der Waals surface area contributed by atoms with E-state index < -0.39 is 12.6 Å². The SMILES string of the molecule is FC(F)(F)CCc1c[c]ccc1. The molecule has 0 saturated carbocycles. The van der Waals surface area contributed by atoms with E-state index in [9.17, 15) is 13.2 Å². The van der Waals surface area contributed by atoms with Crippen molar-refractivity contribution in [1.29, 1.82) is 0 Å². The molecule has 0 aliphatic carbocycles. The number of alkyl halides is 3. The molecule has 1 aromatic rings. The third kappa shape index (κ3) is 3.42. The van der Waals surface area contributed by atoms with E-state index in [1.807, 2.05) is 0 Å². The molecule has 0 heterocycles. The van der Waals surface area contributed by atoms with Crippen LogP contribution in [0.3, 0.4) is 0 Å². The number of hydrogen-bond acceptors (Lipinski definition) is 0. The van der Waals surface area contributed by atoms with Crippen molar-refractivity contribution in [2.75, 3.05) is 0 Å². The molecular weight excluding hydrogens is 165 g/mol. The van der Waals surface area contributed by atoms with E-state index in [4.69, 9.17) is 0 Å². The Hall–Kier alpha value is -0.990. The molecular formula is C9H8F3. The molecule has 1 radical (unpaired) electrons. The summed E-state index contributed by atoms with van der Waals surface area (Å²) < 4.78 is 35.2. The van der Waals surface area contributed by atoms with E-state index in [2.05, 4.69) is 6.07 Å². The van der Waals surface area contributed by atoms with Crippen LogP contribution < -0.4 is 0 Å². The van der Waals surface area contributed by atoms with Crippen LogP contribution in [-0.4, -0.2) is 6.18 Å². The summed E-state index contributed by atoms with van der Waals surface area (Å²) in [6, 6.07) is 9.32. The minimum atomic E-state index is -4.06. The summed E-state index contributed by atoms with van der Waals surface area (Å²) in [5, 5.41) is 0.